The molecule has 1 aliphatic rings. The van der Waals surface area contributed by atoms with Gasteiger partial charge in [0.15, 0.2) is 0 Å². The number of hydrogen-bond donors (Lipinski definition) is 1. The van der Waals surface area contributed by atoms with Crippen LogP contribution in [0.2, 0.25) is 0 Å². The number of carboxylic acids is 1. The summed E-state index contributed by atoms with van der Waals surface area (Å²) in [5, 5.41) is 23.9. The lowest BCUT2D eigenvalue weighted by Gasteiger charge is -2.37. The highest BCUT2D eigenvalue weighted by Gasteiger charge is 2.52. The number of unbranched alkanes of at least 4 members (excludes halogenated alkanes) is 6. The van der Waals surface area contributed by atoms with E-state index < -0.39 is 17.0 Å². The van der Waals surface area contributed by atoms with Crippen LogP contribution >= 0.6 is 0 Å². The van der Waals surface area contributed by atoms with Gasteiger partial charge in [-0.05, 0) is 68.5 Å². The molecule has 1 saturated heterocycles. The van der Waals surface area contributed by atoms with Crippen LogP contribution in [0.15, 0.2) is 48.5 Å². The first-order valence-corrected chi connectivity index (χ1v) is 12.4. The van der Waals surface area contributed by atoms with Crippen LogP contribution in [0.3, 0.4) is 0 Å². The van der Waals surface area contributed by atoms with Crippen LogP contribution in [0.4, 0.5) is 0 Å². The Bertz CT molecular complexity index is 895. The maximum Gasteiger partial charge on any atom is 0.335 e. The normalized spacial score (nSPS) is 23.0. The summed E-state index contributed by atoms with van der Waals surface area (Å²) in [6.07, 6.45) is 10.2. The third kappa shape index (κ3) is 5.77. The van der Waals surface area contributed by atoms with Crippen molar-refractivity contribution >= 4 is 5.97 Å². The number of aromatic carboxylic acids is 1. The van der Waals surface area contributed by atoms with Crippen LogP contribution in [0.1, 0.15) is 100 Å². The molecule has 0 bridgehead atoms. The highest BCUT2D eigenvalue weighted by Crippen LogP contribution is 2.51. The Kier molecular flexibility index (Phi) is 8.55. The molecule has 0 saturated carbocycles. The van der Waals surface area contributed by atoms with E-state index in [2.05, 4.69) is 6.92 Å². The molecule has 33 heavy (non-hydrogen) atoms. The van der Waals surface area contributed by atoms with Gasteiger partial charge < -0.3 is 9.84 Å². The van der Waals surface area contributed by atoms with Crippen molar-refractivity contribution in [3.63, 3.8) is 0 Å². The summed E-state index contributed by atoms with van der Waals surface area (Å²) in [5.74, 6) is -0.118. The van der Waals surface area contributed by atoms with Gasteiger partial charge in [0.05, 0.1) is 23.2 Å². The van der Waals surface area contributed by atoms with Crippen molar-refractivity contribution in [1.82, 2.24) is 5.06 Å². The van der Waals surface area contributed by atoms with Crippen molar-refractivity contribution in [2.45, 2.75) is 89.6 Å². The number of hydroxylamine groups is 2. The first-order valence-electron chi connectivity index (χ1n) is 12.4. The van der Waals surface area contributed by atoms with Gasteiger partial charge in [0.25, 0.3) is 0 Å². The van der Waals surface area contributed by atoms with E-state index in [1.165, 1.54) is 43.6 Å². The zero-order valence-electron chi connectivity index (χ0n) is 20.3. The SMILES string of the molecule is CCCCCCCCCOc1ccc([C@]2(C)CC[C@@](C)(c3ccc(C(=O)O)cc3)N2[O])cc1. The Hall–Kier alpha value is -2.37. The fraction of sp³-hybridized carbons (Fsp3) is 0.536. The van der Waals surface area contributed by atoms with Gasteiger partial charge in [-0.2, -0.15) is 0 Å². The molecule has 2 aromatic carbocycles. The number of hydrogen-bond acceptors (Lipinski definition) is 3. The molecule has 5 nitrogen and oxygen atoms in total. The third-order valence-electron chi connectivity index (χ3n) is 7.24. The van der Waals surface area contributed by atoms with Crippen LogP contribution in [0.5, 0.6) is 5.75 Å². The Morgan fingerprint density at radius 2 is 1.33 bits per heavy atom. The number of rotatable bonds is 12. The van der Waals surface area contributed by atoms with Crippen molar-refractivity contribution in [2.75, 3.05) is 6.61 Å². The lowest BCUT2D eigenvalue weighted by molar-refractivity contribution is -0.260. The van der Waals surface area contributed by atoms with E-state index in [0.29, 0.717) is 6.42 Å². The Labute approximate surface area is 198 Å². The number of carbonyl (C=O) groups is 1. The largest absolute Gasteiger partial charge is 0.494 e. The average molecular weight is 453 g/mol. The van der Waals surface area contributed by atoms with Crippen LogP contribution in [0.25, 0.3) is 0 Å². The van der Waals surface area contributed by atoms with Crippen LogP contribution in [-0.4, -0.2) is 22.7 Å². The minimum Gasteiger partial charge on any atom is -0.494 e. The fourth-order valence-corrected chi connectivity index (χ4v) is 4.89. The molecule has 179 valence electrons. The molecule has 0 aliphatic carbocycles. The van der Waals surface area contributed by atoms with Crippen LogP contribution < -0.4 is 4.74 Å². The van der Waals surface area contributed by atoms with E-state index in [4.69, 9.17) is 9.84 Å². The zero-order valence-corrected chi connectivity index (χ0v) is 20.3. The Morgan fingerprint density at radius 1 is 0.848 bits per heavy atom. The fourth-order valence-electron chi connectivity index (χ4n) is 4.89. The molecule has 1 radical (unpaired) electrons. The second-order valence-electron chi connectivity index (χ2n) is 9.72. The minimum absolute atomic E-state index is 0.229. The number of ether oxygens (including phenoxy) is 1. The molecule has 1 heterocycles. The van der Waals surface area contributed by atoms with Gasteiger partial charge in [-0.1, -0.05) is 69.7 Å². The topological polar surface area (TPSA) is 69.7 Å². The lowest BCUT2D eigenvalue weighted by atomic mass is 9.89. The second kappa shape index (κ2) is 11.2. The Balaban J connectivity index is 1.57. The molecule has 0 aromatic heterocycles. The van der Waals surface area contributed by atoms with Gasteiger partial charge in [0.2, 0.25) is 0 Å². The van der Waals surface area contributed by atoms with Gasteiger partial charge in [-0.3, -0.25) is 0 Å². The summed E-state index contributed by atoms with van der Waals surface area (Å²) in [7, 11) is 0. The molecule has 0 spiro atoms. The van der Waals surface area contributed by atoms with Gasteiger partial charge >= 0.3 is 5.97 Å². The van der Waals surface area contributed by atoms with E-state index in [0.717, 1.165) is 36.3 Å². The molecule has 5 heteroatoms. The third-order valence-corrected chi connectivity index (χ3v) is 7.24. The average Bonchev–Trinajstić information content (AvgIpc) is 3.07. The number of carboxylic acid groups (broad SMARTS) is 1. The maximum atomic E-state index is 13.6. The molecule has 2 aromatic rings. The summed E-state index contributed by atoms with van der Waals surface area (Å²) in [4.78, 5) is 11.2. The summed E-state index contributed by atoms with van der Waals surface area (Å²) >= 11 is 0. The highest BCUT2D eigenvalue weighted by atomic mass is 16.5. The summed E-state index contributed by atoms with van der Waals surface area (Å²) in [6.45, 7) is 6.90. The Morgan fingerprint density at radius 3 is 1.85 bits per heavy atom. The van der Waals surface area contributed by atoms with Gasteiger partial charge in [0, 0.05) is 0 Å². The van der Waals surface area contributed by atoms with Crippen LogP contribution in [0, 0.1) is 0 Å². The lowest BCUT2D eigenvalue weighted by Crippen LogP contribution is -2.44. The quantitative estimate of drug-likeness (QED) is 0.349. The van der Waals surface area contributed by atoms with E-state index >= 15 is 0 Å². The van der Waals surface area contributed by atoms with E-state index in [-0.39, 0.29) is 5.56 Å². The maximum absolute atomic E-state index is 13.6. The van der Waals surface area contributed by atoms with Gasteiger partial charge in [-0.15, -0.1) is 10.3 Å². The molecule has 0 unspecified atom stereocenters. The smallest absolute Gasteiger partial charge is 0.335 e. The van der Waals surface area contributed by atoms with Crippen molar-refractivity contribution < 1.29 is 19.8 Å². The van der Waals surface area contributed by atoms with Crippen molar-refractivity contribution in [2.24, 2.45) is 0 Å². The van der Waals surface area contributed by atoms with Gasteiger partial charge in [-0.25, -0.2) is 4.79 Å². The molecule has 1 N–H and O–H groups in total. The molecule has 3 rings (SSSR count). The molecular weight excluding hydrogens is 414 g/mol. The van der Waals surface area contributed by atoms with Gasteiger partial charge in [0.1, 0.15) is 5.75 Å². The minimum atomic E-state index is -0.962. The molecule has 1 fully saturated rings. The van der Waals surface area contributed by atoms with Crippen molar-refractivity contribution in [1.29, 1.82) is 0 Å². The van der Waals surface area contributed by atoms with E-state index in [1.54, 1.807) is 24.3 Å². The molecule has 1 aliphatic heterocycles. The predicted molar refractivity (Wildman–Crippen MR) is 130 cm³/mol. The highest BCUT2D eigenvalue weighted by molar-refractivity contribution is 5.87. The number of nitrogens with zero attached hydrogens (tertiary/aromatic N) is 1. The summed E-state index contributed by atoms with van der Waals surface area (Å²) < 4.78 is 5.91. The summed E-state index contributed by atoms with van der Waals surface area (Å²) in [5.41, 5.74) is 0.718. The molecular formula is C28H38NO4. The van der Waals surface area contributed by atoms with Crippen LogP contribution in [-0.2, 0) is 16.3 Å². The number of benzene rings is 2. The second-order valence-corrected chi connectivity index (χ2v) is 9.72. The van der Waals surface area contributed by atoms with Crippen molar-refractivity contribution in [3.8, 4) is 5.75 Å². The first-order chi connectivity index (χ1) is 15.8. The zero-order chi connectivity index (χ0) is 23.9. The van der Waals surface area contributed by atoms with E-state index in [9.17, 15) is 10.0 Å². The summed E-state index contributed by atoms with van der Waals surface area (Å²) in [6, 6.07) is 14.6. The predicted octanol–water partition coefficient (Wildman–Crippen LogP) is 7.09. The monoisotopic (exact) mass is 452 g/mol. The standard InChI is InChI=1S/C28H38NO4/c1-4-5-6-7-8-9-10-21-33-25-17-15-24(16-18-25)28(3)20-19-27(2,29(28)32)23-13-11-22(12-14-23)26(30)31/h11-18H,4-10,19-21H2,1-3H3,(H,30,31)/t27-,28-/m0/s1. The molecule has 2 atom stereocenters. The first kappa shape index (κ1) is 25.3. The molecule has 0 amide bonds. The van der Waals surface area contributed by atoms with E-state index in [1.807, 2.05) is 38.1 Å². The van der Waals surface area contributed by atoms with Crippen molar-refractivity contribution in [3.05, 3.63) is 65.2 Å².